The van der Waals surface area contributed by atoms with Crippen molar-refractivity contribution in [2.24, 2.45) is 7.05 Å². The first-order valence-corrected chi connectivity index (χ1v) is 11.0. The van der Waals surface area contributed by atoms with E-state index in [9.17, 15) is 4.79 Å². The maximum absolute atomic E-state index is 12.1. The molecule has 158 valence electrons. The zero-order chi connectivity index (χ0) is 21.5. The standard InChI is InChI=1S/C20H21Cl2N5O2S/c1-13-10-14(21)5-7-16(13)29-9-3-4-18-25-26-20(27(18)2)30-12-19(28)24-17-8-6-15(22)11-23-17/h5-8,10-11H,3-4,9,12H2,1-2H3,(H,23,24,28). The molecule has 0 aliphatic heterocycles. The number of anilines is 1. The molecule has 0 atom stereocenters. The minimum atomic E-state index is -0.175. The van der Waals surface area contributed by atoms with Crippen molar-refractivity contribution in [3.05, 3.63) is 58.0 Å². The predicted molar refractivity (Wildman–Crippen MR) is 120 cm³/mol. The van der Waals surface area contributed by atoms with Crippen LogP contribution in [0.25, 0.3) is 0 Å². The minimum Gasteiger partial charge on any atom is -0.493 e. The van der Waals surface area contributed by atoms with E-state index in [2.05, 4.69) is 20.5 Å². The van der Waals surface area contributed by atoms with Gasteiger partial charge in [-0.05, 0) is 49.2 Å². The van der Waals surface area contributed by atoms with Gasteiger partial charge in [-0.3, -0.25) is 4.79 Å². The van der Waals surface area contributed by atoms with Gasteiger partial charge in [0.25, 0.3) is 0 Å². The number of ether oxygens (including phenoxy) is 1. The fourth-order valence-electron chi connectivity index (χ4n) is 2.63. The molecule has 0 saturated heterocycles. The Morgan fingerprint density at radius 3 is 2.73 bits per heavy atom. The Hall–Kier alpha value is -2.29. The highest BCUT2D eigenvalue weighted by Crippen LogP contribution is 2.22. The largest absolute Gasteiger partial charge is 0.493 e. The maximum atomic E-state index is 12.1. The summed E-state index contributed by atoms with van der Waals surface area (Å²) in [4.78, 5) is 16.1. The number of benzene rings is 1. The van der Waals surface area contributed by atoms with E-state index in [0.29, 0.717) is 27.6 Å². The molecule has 0 spiro atoms. The Bertz CT molecular complexity index is 1010. The van der Waals surface area contributed by atoms with Gasteiger partial charge in [0.2, 0.25) is 5.91 Å². The van der Waals surface area contributed by atoms with Crippen LogP contribution in [-0.4, -0.2) is 38.0 Å². The molecule has 3 aromatic rings. The molecule has 1 amide bonds. The molecule has 0 bridgehead atoms. The number of aryl methyl sites for hydroxylation is 2. The van der Waals surface area contributed by atoms with E-state index in [4.69, 9.17) is 27.9 Å². The van der Waals surface area contributed by atoms with Crippen LogP contribution < -0.4 is 10.1 Å². The van der Waals surface area contributed by atoms with Crippen LogP contribution in [0.1, 0.15) is 17.8 Å². The van der Waals surface area contributed by atoms with Crippen molar-refractivity contribution in [2.45, 2.75) is 24.9 Å². The Morgan fingerprint density at radius 1 is 1.20 bits per heavy atom. The number of hydrogen-bond donors (Lipinski definition) is 1. The van der Waals surface area contributed by atoms with Crippen molar-refractivity contribution >= 4 is 46.7 Å². The molecule has 0 fully saturated rings. The molecule has 2 aromatic heterocycles. The van der Waals surface area contributed by atoms with Gasteiger partial charge in [0, 0.05) is 24.7 Å². The third kappa shape index (κ3) is 6.35. The Kier molecular flexibility index (Phi) is 7.95. The van der Waals surface area contributed by atoms with Crippen LogP contribution in [-0.2, 0) is 18.3 Å². The van der Waals surface area contributed by atoms with E-state index < -0.39 is 0 Å². The number of aromatic nitrogens is 4. The number of nitrogens with zero attached hydrogens (tertiary/aromatic N) is 4. The monoisotopic (exact) mass is 465 g/mol. The summed E-state index contributed by atoms with van der Waals surface area (Å²) in [6.45, 7) is 2.53. The number of thioether (sulfide) groups is 1. The van der Waals surface area contributed by atoms with E-state index >= 15 is 0 Å². The number of rotatable bonds is 9. The zero-order valence-corrected chi connectivity index (χ0v) is 18.9. The van der Waals surface area contributed by atoms with E-state index in [1.165, 1.54) is 18.0 Å². The van der Waals surface area contributed by atoms with Crippen molar-refractivity contribution in [2.75, 3.05) is 17.7 Å². The second-order valence-corrected chi connectivity index (χ2v) is 8.33. The molecule has 3 rings (SSSR count). The van der Waals surface area contributed by atoms with Gasteiger partial charge in [-0.2, -0.15) is 0 Å². The highest BCUT2D eigenvalue weighted by atomic mass is 35.5. The van der Waals surface area contributed by atoms with Crippen molar-refractivity contribution in [3.8, 4) is 5.75 Å². The number of nitrogens with one attached hydrogen (secondary N) is 1. The van der Waals surface area contributed by atoms with E-state index in [-0.39, 0.29) is 11.7 Å². The number of carbonyl (C=O) groups is 1. The van der Waals surface area contributed by atoms with Crippen LogP contribution in [0.2, 0.25) is 10.0 Å². The fourth-order valence-corrected chi connectivity index (χ4v) is 3.70. The first kappa shape index (κ1) is 22.4. The normalized spacial score (nSPS) is 10.8. The van der Waals surface area contributed by atoms with Crippen molar-refractivity contribution in [1.82, 2.24) is 19.7 Å². The fraction of sp³-hybridized carbons (Fsp3) is 0.300. The van der Waals surface area contributed by atoms with Gasteiger partial charge >= 0.3 is 0 Å². The van der Waals surface area contributed by atoms with Crippen LogP contribution in [0.3, 0.4) is 0 Å². The SMILES string of the molecule is Cc1cc(Cl)ccc1OCCCc1nnc(SCC(=O)Nc2ccc(Cl)cn2)n1C. The summed E-state index contributed by atoms with van der Waals surface area (Å²) in [5, 5.41) is 13.0. The molecule has 0 aliphatic carbocycles. The van der Waals surface area contributed by atoms with Crippen molar-refractivity contribution < 1.29 is 9.53 Å². The predicted octanol–water partition coefficient (Wildman–Crippen LogP) is 4.57. The van der Waals surface area contributed by atoms with Crippen LogP contribution in [0, 0.1) is 6.92 Å². The Balaban J connectivity index is 1.43. The van der Waals surface area contributed by atoms with E-state index in [1.54, 1.807) is 12.1 Å². The summed E-state index contributed by atoms with van der Waals surface area (Å²) in [6, 6.07) is 8.89. The summed E-state index contributed by atoms with van der Waals surface area (Å²) in [6.07, 6.45) is 3.00. The van der Waals surface area contributed by atoms with Gasteiger partial charge < -0.3 is 14.6 Å². The Morgan fingerprint density at radius 2 is 2.00 bits per heavy atom. The number of hydrogen-bond acceptors (Lipinski definition) is 6. The van der Waals surface area contributed by atoms with Crippen molar-refractivity contribution in [1.29, 1.82) is 0 Å². The molecule has 10 heteroatoms. The molecule has 30 heavy (non-hydrogen) atoms. The first-order chi connectivity index (χ1) is 14.4. The average molecular weight is 466 g/mol. The van der Waals surface area contributed by atoms with Crippen LogP contribution in [0.5, 0.6) is 5.75 Å². The number of halogens is 2. The van der Waals surface area contributed by atoms with Gasteiger partial charge in [0.15, 0.2) is 5.16 Å². The van der Waals surface area contributed by atoms with Crippen LogP contribution in [0.15, 0.2) is 41.7 Å². The average Bonchev–Trinajstić information content (AvgIpc) is 3.06. The van der Waals surface area contributed by atoms with Gasteiger partial charge in [0.05, 0.1) is 17.4 Å². The Labute approximate surface area is 189 Å². The van der Waals surface area contributed by atoms with Crippen molar-refractivity contribution in [3.63, 3.8) is 0 Å². The molecule has 7 nitrogen and oxygen atoms in total. The smallest absolute Gasteiger partial charge is 0.236 e. The summed E-state index contributed by atoms with van der Waals surface area (Å²) in [5.41, 5.74) is 1.01. The molecule has 0 aliphatic rings. The van der Waals surface area contributed by atoms with Gasteiger partial charge in [0.1, 0.15) is 17.4 Å². The lowest BCUT2D eigenvalue weighted by molar-refractivity contribution is -0.113. The quantitative estimate of drug-likeness (QED) is 0.368. The van der Waals surface area contributed by atoms with E-state index in [0.717, 1.165) is 30.0 Å². The lowest BCUT2D eigenvalue weighted by Gasteiger charge is -2.09. The van der Waals surface area contributed by atoms with Gasteiger partial charge in [-0.25, -0.2) is 4.98 Å². The molecule has 0 saturated carbocycles. The van der Waals surface area contributed by atoms with E-state index in [1.807, 2.05) is 36.7 Å². The minimum absolute atomic E-state index is 0.175. The second kappa shape index (κ2) is 10.7. The molecule has 1 aromatic carbocycles. The van der Waals surface area contributed by atoms with Crippen LogP contribution >= 0.6 is 35.0 Å². The summed E-state index contributed by atoms with van der Waals surface area (Å²) in [7, 11) is 1.89. The molecular weight excluding hydrogens is 445 g/mol. The molecular formula is C20H21Cl2N5O2S. The third-order valence-electron chi connectivity index (χ3n) is 4.19. The highest BCUT2D eigenvalue weighted by molar-refractivity contribution is 7.99. The summed E-state index contributed by atoms with van der Waals surface area (Å²) in [5.74, 6) is 2.16. The molecule has 1 N–H and O–H groups in total. The molecule has 0 radical (unpaired) electrons. The first-order valence-electron chi connectivity index (χ1n) is 9.24. The lowest BCUT2D eigenvalue weighted by Crippen LogP contribution is -2.15. The number of amides is 1. The highest BCUT2D eigenvalue weighted by Gasteiger charge is 2.12. The summed E-state index contributed by atoms with van der Waals surface area (Å²) >= 11 is 13.1. The number of pyridine rings is 1. The van der Waals surface area contributed by atoms with Gasteiger partial charge in [-0.1, -0.05) is 35.0 Å². The molecule has 0 unspecified atom stereocenters. The van der Waals surface area contributed by atoms with Crippen LogP contribution in [0.4, 0.5) is 5.82 Å². The maximum Gasteiger partial charge on any atom is 0.236 e. The third-order valence-corrected chi connectivity index (χ3v) is 5.67. The number of carbonyl (C=O) groups excluding carboxylic acids is 1. The lowest BCUT2D eigenvalue weighted by atomic mass is 10.2. The summed E-state index contributed by atoms with van der Waals surface area (Å²) < 4.78 is 7.71. The zero-order valence-electron chi connectivity index (χ0n) is 16.6. The molecule has 2 heterocycles. The topological polar surface area (TPSA) is 81.9 Å². The van der Waals surface area contributed by atoms with Gasteiger partial charge in [-0.15, -0.1) is 10.2 Å². The second-order valence-electron chi connectivity index (χ2n) is 6.52.